The van der Waals surface area contributed by atoms with Crippen molar-refractivity contribution in [2.45, 2.75) is 195 Å². The Bertz CT molecular complexity index is 1520. The van der Waals surface area contributed by atoms with E-state index in [1.54, 1.807) is 18.2 Å². The van der Waals surface area contributed by atoms with Gasteiger partial charge in [-0.2, -0.15) is 0 Å². The van der Waals surface area contributed by atoms with Crippen molar-refractivity contribution in [1.82, 2.24) is 16.0 Å². The number of hydrogen-bond acceptors (Lipinski definition) is 3. The molecule has 12 aliphatic carbocycles. The molecule has 12 bridgehead atoms. The van der Waals surface area contributed by atoms with Crippen LogP contribution in [0.1, 0.15) is 209 Å². The SMILES string of the molecule is CC12CC3(C)CC(C)(C1)CC(NC(=O)c1cc(C(=O)NC45CC6(C)CC(C)(CC(C)(C6)C4)C5)cc(C(=O)NC45CC6(C)CC(C)(CC(C)(C6)C4)C5)c1)(C2)C3. The van der Waals surface area contributed by atoms with Gasteiger partial charge in [-0.15, -0.1) is 0 Å². The van der Waals surface area contributed by atoms with Crippen LogP contribution in [0.5, 0.6) is 0 Å². The highest BCUT2D eigenvalue weighted by Gasteiger charge is 2.67. The fourth-order valence-electron chi connectivity index (χ4n) is 21.2. The smallest absolute Gasteiger partial charge is 0.251 e. The third kappa shape index (κ3) is 5.61. The number of nitrogens with one attached hydrogen (secondary N) is 3. The molecule has 0 aromatic heterocycles. The minimum absolute atomic E-state index is 0.138. The molecule has 294 valence electrons. The summed E-state index contributed by atoms with van der Waals surface area (Å²) in [5.41, 5.74) is 2.56. The predicted molar refractivity (Wildman–Crippen MR) is 213 cm³/mol. The van der Waals surface area contributed by atoms with Gasteiger partial charge in [0.05, 0.1) is 0 Å². The Morgan fingerprint density at radius 1 is 0.315 bits per heavy atom. The summed E-state index contributed by atoms with van der Waals surface area (Å²) in [4.78, 5) is 44.1. The molecule has 0 spiro atoms. The molecule has 0 heterocycles. The summed E-state index contributed by atoms with van der Waals surface area (Å²) in [5, 5.41) is 10.9. The Kier molecular flexibility index (Phi) is 6.67. The van der Waals surface area contributed by atoms with Gasteiger partial charge in [0.1, 0.15) is 0 Å². The van der Waals surface area contributed by atoms with Crippen LogP contribution in [0.3, 0.4) is 0 Å². The minimum Gasteiger partial charge on any atom is -0.347 e. The van der Waals surface area contributed by atoms with Crippen LogP contribution in [0.2, 0.25) is 0 Å². The maximum Gasteiger partial charge on any atom is 0.251 e. The summed E-state index contributed by atoms with van der Waals surface area (Å²) < 4.78 is 0. The predicted octanol–water partition coefficient (Wildman–Crippen LogP) is 10.3. The molecule has 12 aliphatic rings. The lowest BCUT2D eigenvalue weighted by Crippen LogP contribution is -2.68. The number of amides is 3. The number of hydrogen-bond donors (Lipinski definition) is 3. The molecule has 0 unspecified atom stereocenters. The third-order valence-corrected chi connectivity index (χ3v) is 17.4. The molecule has 1 aromatic rings. The van der Waals surface area contributed by atoms with Gasteiger partial charge in [0.2, 0.25) is 0 Å². The first-order chi connectivity index (χ1) is 24.7. The minimum atomic E-state index is -0.260. The number of carbonyl (C=O) groups excluding carboxylic acids is 3. The summed E-state index contributed by atoms with van der Waals surface area (Å²) >= 11 is 0. The van der Waals surface area contributed by atoms with E-state index in [4.69, 9.17) is 0 Å². The molecular formula is C48H69N3O3. The van der Waals surface area contributed by atoms with E-state index in [0.717, 1.165) is 57.8 Å². The molecule has 54 heavy (non-hydrogen) atoms. The van der Waals surface area contributed by atoms with Gasteiger partial charge < -0.3 is 16.0 Å². The van der Waals surface area contributed by atoms with Crippen molar-refractivity contribution in [3.05, 3.63) is 34.9 Å². The Labute approximate surface area is 325 Å². The fraction of sp³-hybridized carbons (Fsp3) is 0.812. The zero-order chi connectivity index (χ0) is 38.4. The Morgan fingerprint density at radius 2 is 0.463 bits per heavy atom. The fourth-order valence-corrected chi connectivity index (χ4v) is 21.2. The van der Waals surface area contributed by atoms with E-state index in [-0.39, 0.29) is 83.1 Å². The zero-order valence-electron chi connectivity index (χ0n) is 35.2. The topological polar surface area (TPSA) is 87.3 Å². The van der Waals surface area contributed by atoms with E-state index in [2.05, 4.69) is 78.3 Å². The first-order valence-electron chi connectivity index (χ1n) is 21.8. The summed E-state index contributed by atoms with van der Waals surface area (Å²) in [5.74, 6) is -0.414. The second-order valence-electron chi connectivity index (χ2n) is 26.5. The van der Waals surface area contributed by atoms with E-state index >= 15 is 0 Å². The van der Waals surface area contributed by atoms with Gasteiger partial charge in [0, 0.05) is 33.3 Å². The van der Waals surface area contributed by atoms with E-state index in [0.29, 0.717) is 16.7 Å². The largest absolute Gasteiger partial charge is 0.347 e. The molecule has 6 heteroatoms. The Balaban J connectivity index is 0.989. The second-order valence-corrected chi connectivity index (χ2v) is 26.5. The monoisotopic (exact) mass is 736 g/mol. The molecule has 0 aliphatic heterocycles. The lowest BCUT2D eigenvalue weighted by molar-refractivity contribution is -0.155. The van der Waals surface area contributed by atoms with Crippen LogP contribution in [-0.4, -0.2) is 34.3 Å². The van der Waals surface area contributed by atoms with Crippen molar-refractivity contribution in [1.29, 1.82) is 0 Å². The van der Waals surface area contributed by atoms with Gasteiger partial charge in [0.25, 0.3) is 17.7 Å². The first-order valence-corrected chi connectivity index (χ1v) is 21.8. The van der Waals surface area contributed by atoms with Crippen molar-refractivity contribution in [3.63, 3.8) is 0 Å². The van der Waals surface area contributed by atoms with Gasteiger partial charge in [-0.25, -0.2) is 0 Å². The van der Waals surface area contributed by atoms with Crippen LogP contribution >= 0.6 is 0 Å². The van der Waals surface area contributed by atoms with Crippen molar-refractivity contribution in [2.24, 2.45) is 48.7 Å². The normalized spacial score (nSPS) is 54.2. The molecule has 0 saturated heterocycles. The van der Waals surface area contributed by atoms with E-state index in [9.17, 15) is 14.4 Å². The van der Waals surface area contributed by atoms with Gasteiger partial charge >= 0.3 is 0 Å². The second kappa shape index (κ2) is 10.0. The molecule has 0 atom stereocenters. The van der Waals surface area contributed by atoms with Crippen molar-refractivity contribution in [3.8, 4) is 0 Å². The highest BCUT2D eigenvalue weighted by Crippen LogP contribution is 2.73. The number of benzene rings is 1. The molecular weight excluding hydrogens is 667 g/mol. The van der Waals surface area contributed by atoms with Crippen LogP contribution in [0.15, 0.2) is 18.2 Å². The average Bonchev–Trinajstić information content (AvgIpc) is 2.88. The van der Waals surface area contributed by atoms with Crippen LogP contribution in [0, 0.1) is 48.7 Å². The van der Waals surface area contributed by atoms with Crippen molar-refractivity contribution < 1.29 is 14.4 Å². The lowest BCUT2D eigenvalue weighted by atomic mass is 9.38. The van der Waals surface area contributed by atoms with Gasteiger partial charge in [-0.3, -0.25) is 14.4 Å². The van der Waals surface area contributed by atoms with E-state index < -0.39 is 0 Å². The molecule has 1 aromatic carbocycles. The quantitative estimate of drug-likeness (QED) is 0.272. The van der Waals surface area contributed by atoms with Gasteiger partial charge in [0.15, 0.2) is 0 Å². The highest BCUT2D eigenvalue weighted by atomic mass is 16.2. The van der Waals surface area contributed by atoms with Crippen molar-refractivity contribution in [2.75, 3.05) is 0 Å². The van der Waals surface area contributed by atoms with Gasteiger partial charge in [-0.05, 0) is 183 Å². The molecule has 13 rings (SSSR count). The summed E-state index contributed by atoms with van der Waals surface area (Å²) in [7, 11) is 0. The lowest BCUT2D eigenvalue weighted by Gasteiger charge is -2.69. The van der Waals surface area contributed by atoms with E-state index in [1.807, 2.05) is 0 Å². The molecule has 6 nitrogen and oxygen atoms in total. The Morgan fingerprint density at radius 3 is 0.611 bits per heavy atom. The molecule has 3 amide bonds. The highest BCUT2D eigenvalue weighted by molar-refractivity contribution is 6.05. The van der Waals surface area contributed by atoms with Crippen LogP contribution < -0.4 is 16.0 Å². The van der Waals surface area contributed by atoms with Crippen molar-refractivity contribution >= 4 is 17.7 Å². The molecule has 0 radical (unpaired) electrons. The Hall–Kier alpha value is -2.37. The summed E-state index contributed by atoms with van der Waals surface area (Å²) in [6, 6.07) is 5.39. The van der Waals surface area contributed by atoms with Crippen LogP contribution in [0.4, 0.5) is 0 Å². The first kappa shape index (κ1) is 36.0. The van der Waals surface area contributed by atoms with Crippen LogP contribution in [-0.2, 0) is 0 Å². The van der Waals surface area contributed by atoms with E-state index in [1.165, 1.54) is 57.8 Å². The maximum absolute atomic E-state index is 14.7. The molecule has 12 fully saturated rings. The molecule has 12 saturated carbocycles. The molecule has 3 N–H and O–H groups in total. The van der Waals surface area contributed by atoms with Crippen LogP contribution in [0.25, 0.3) is 0 Å². The maximum atomic E-state index is 14.7. The number of carbonyl (C=O) groups is 3. The standard InChI is InChI=1S/C48H69N3O3/c1-37-13-38(2)15-39(3,14-37)24-46(22-37,23-38)49-34(52)31-10-32(35(53)50-47-25-40(4)16-41(5,26-47)18-42(6,17-40)27-47)12-33(11-31)36(54)51-48-28-43(7)19-44(8,29-48)21-45(9,20-43)30-48/h10-12H,13-30H2,1-9H3,(H,49,52)(H,50,53)(H,51,54). The summed E-state index contributed by atoms with van der Waals surface area (Å²) in [6.45, 7) is 21.9. The van der Waals surface area contributed by atoms with Gasteiger partial charge in [-0.1, -0.05) is 62.3 Å². The average molecular weight is 736 g/mol. The third-order valence-electron chi connectivity index (χ3n) is 17.4. The number of rotatable bonds is 6. The zero-order valence-corrected chi connectivity index (χ0v) is 35.2. The summed E-state index contributed by atoms with van der Waals surface area (Å²) in [6.07, 6.45) is 20.1.